The fourth-order valence-electron chi connectivity index (χ4n) is 3.12. The number of carbonyl (C=O) groups is 1. The van der Waals surface area contributed by atoms with E-state index in [-0.39, 0.29) is 23.3 Å². The van der Waals surface area contributed by atoms with Crippen molar-refractivity contribution < 1.29 is 31.5 Å². The molecular weight excluding hydrogens is 397 g/mol. The highest BCUT2D eigenvalue weighted by Crippen LogP contribution is 2.31. The van der Waals surface area contributed by atoms with Crippen molar-refractivity contribution in [1.29, 1.82) is 0 Å². The number of halogens is 5. The van der Waals surface area contributed by atoms with E-state index in [1.54, 1.807) is 11.0 Å². The van der Waals surface area contributed by atoms with Crippen LogP contribution in [0.3, 0.4) is 0 Å². The summed E-state index contributed by atoms with van der Waals surface area (Å²) < 4.78 is 67.2. The van der Waals surface area contributed by atoms with E-state index in [9.17, 15) is 26.7 Å². The number of hydrogen-bond acceptors (Lipinski definition) is 4. The summed E-state index contributed by atoms with van der Waals surface area (Å²) in [5.74, 6) is -0.398. The van der Waals surface area contributed by atoms with Crippen LogP contribution in [0.4, 0.5) is 33.5 Å². The van der Waals surface area contributed by atoms with Gasteiger partial charge < -0.3 is 15.0 Å². The Morgan fingerprint density at radius 1 is 1.14 bits per heavy atom. The van der Waals surface area contributed by atoms with Crippen molar-refractivity contribution >= 4 is 17.4 Å². The zero-order valence-corrected chi connectivity index (χ0v) is 15.1. The number of aromatic nitrogens is 1. The van der Waals surface area contributed by atoms with Gasteiger partial charge in [-0.1, -0.05) is 12.1 Å². The summed E-state index contributed by atoms with van der Waals surface area (Å²) >= 11 is 0. The number of hydrogen-bond donors (Lipinski definition) is 1. The maximum absolute atomic E-state index is 12.6. The molecule has 0 unspecified atom stereocenters. The number of para-hydroxylation sites is 2. The lowest BCUT2D eigenvalue weighted by Crippen LogP contribution is -2.38. The van der Waals surface area contributed by atoms with E-state index in [0.29, 0.717) is 31.7 Å². The number of anilines is 2. The van der Waals surface area contributed by atoms with E-state index in [1.165, 1.54) is 24.3 Å². The molecule has 2 heterocycles. The predicted molar refractivity (Wildman–Crippen MR) is 95.9 cm³/mol. The minimum absolute atomic E-state index is 0.123. The van der Waals surface area contributed by atoms with Gasteiger partial charge in [-0.25, -0.2) is 4.98 Å². The number of carbonyl (C=O) groups excluding carboxylic acids is 1. The molecule has 10 heteroatoms. The molecule has 0 saturated carbocycles. The van der Waals surface area contributed by atoms with Crippen LogP contribution in [0.25, 0.3) is 0 Å². The van der Waals surface area contributed by atoms with Gasteiger partial charge in [-0.15, -0.1) is 0 Å². The van der Waals surface area contributed by atoms with Gasteiger partial charge in [-0.3, -0.25) is 4.79 Å². The quantitative estimate of drug-likeness (QED) is 0.728. The molecule has 0 aliphatic carbocycles. The smallest absolute Gasteiger partial charge is 0.417 e. The molecule has 1 aliphatic rings. The van der Waals surface area contributed by atoms with Gasteiger partial charge in [0.1, 0.15) is 11.6 Å². The fraction of sp³-hybridized carbons (Fsp3) is 0.368. The molecule has 1 N–H and O–H groups in total. The molecule has 0 atom stereocenters. The van der Waals surface area contributed by atoms with Crippen molar-refractivity contribution in [1.82, 2.24) is 4.98 Å². The Kier molecular flexibility index (Phi) is 6.19. The summed E-state index contributed by atoms with van der Waals surface area (Å²) in [5.41, 5.74) is -0.662. The normalized spacial score (nSPS) is 15.4. The first kappa shape index (κ1) is 20.8. The van der Waals surface area contributed by atoms with E-state index < -0.39 is 18.4 Å². The average molecular weight is 415 g/mol. The van der Waals surface area contributed by atoms with Crippen LogP contribution in [0, 0.1) is 5.92 Å². The monoisotopic (exact) mass is 415 g/mol. The Balaban J connectivity index is 1.57. The third kappa shape index (κ3) is 5.33. The van der Waals surface area contributed by atoms with Gasteiger partial charge in [-0.05, 0) is 37.1 Å². The van der Waals surface area contributed by atoms with Crippen molar-refractivity contribution in [2.75, 3.05) is 23.3 Å². The SMILES string of the molecule is O=C(Nc1ccccc1OC(F)F)C1CCN(c2ccc(C(F)(F)F)cn2)CC1. The fourth-order valence-corrected chi connectivity index (χ4v) is 3.12. The highest BCUT2D eigenvalue weighted by atomic mass is 19.4. The third-order valence-electron chi connectivity index (χ3n) is 4.63. The number of rotatable bonds is 5. The largest absolute Gasteiger partial charge is 0.433 e. The number of piperidine rings is 1. The molecule has 0 spiro atoms. The van der Waals surface area contributed by atoms with E-state index in [0.717, 1.165) is 12.3 Å². The molecular formula is C19H18F5N3O2. The van der Waals surface area contributed by atoms with Crippen LogP contribution in [-0.2, 0) is 11.0 Å². The molecule has 1 saturated heterocycles. The van der Waals surface area contributed by atoms with E-state index in [2.05, 4.69) is 15.0 Å². The Bertz CT molecular complexity index is 834. The van der Waals surface area contributed by atoms with Gasteiger partial charge in [-0.2, -0.15) is 22.0 Å². The average Bonchev–Trinajstić information content (AvgIpc) is 2.68. The number of nitrogens with zero attached hydrogens (tertiary/aromatic N) is 2. The second-order valence-corrected chi connectivity index (χ2v) is 6.53. The number of ether oxygens (including phenoxy) is 1. The van der Waals surface area contributed by atoms with Gasteiger partial charge in [0.2, 0.25) is 5.91 Å². The van der Waals surface area contributed by atoms with Crippen molar-refractivity contribution in [2.45, 2.75) is 25.6 Å². The highest BCUT2D eigenvalue weighted by Gasteiger charge is 2.31. The molecule has 1 aromatic heterocycles. The van der Waals surface area contributed by atoms with Gasteiger partial charge in [0, 0.05) is 25.2 Å². The Labute approximate surface area is 163 Å². The molecule has 0 radical (unpaired) electrons. The van der Waals surface area contributed by atoms with Crippen LogP contribution < -0.4 is 15.0 Å². The molecule has 2 aromatic rings. The molecule has 1 aliphatic heterocycles. The van der Waals surface area contributed by atoms with Crippen LogP contribution in [0.15, 0.2) is 42.6 Å². The van der Waals surface area contributed by atoms with Crippen molar-refractivity contribution in [3.05, 3.63) is 48.2 Å². The molecule has 29 heavy (non-hydrogen) atoms. The van der Waals surface area contributed by atoms with Crippen LogP contribution in [0.2, 0.25) is 0 Å². The zero-order valence-electron chi connectivity index (χ0n) is 15.1. The molecule has 5 nitrogen and oxygen atoms in total. The first-order valence-electron chi connectivity index (χ1n) is 8.87. The molecule has 1 aromatic carbocycles. The number of nitrogens with one attached hydrogen (secondary N) is 1. The second kappa shape index (κ2) is 8.62. The number of alkyl halides is 5. The lowest BCUT2D eigenvalue weighted by molar-refractivity contribution is -0.137. The third-order valence-corrected chi connectivity index (χ3v) is 4.63. The standard InChI is InChI=1S/C19H18F5N3O2/c20-18(21)29-15-4-2-1-3-14(15)26-17(28)12-7-9-27(10-8-12)16-6-5-13(11-25-16)19(22,23)24/h1-6,11-12,18H,7-10H2,(H,26,28). The van der Waals surface area contributed by atoms with Crippen LogP contribution in [0.5, 0.6) is 5.75 Å². The Morgan fingerprint density at radius 2 is 1.83 bits per heavy atom. The summed E-state index contributed by atoms with van der Waals surface area (Å²) in [6.45, 7) is -2.13. The van der Waals surface area contributed by atoms with E-state index in [4.69, 9.17) is 0 Å². The van der Waals surface area contributed by atoms with Gasteiger partial charge in [0.05, 0.1) is 11.3 Å². The summed E-state index contributed by atoms with van der Waals surface area (Å²) in [4.78, 5) is 18.2. The van der Waals surface area contributed by atoms with E-state index >= 15 is 0 Å². The summed E-state index contributed by atoms with van der Waals surface area (Å²) in [6, 6.07) is 8.19. The zero-order chi connectivity index (χ0) is 21.0. The minimum Gasteiger partial charge on any atom is -0.433 e. The summed E-state index contributed by atoms with van der Waals surface area (Å²) in [6.07, 6.45) is -2.76. The van der Waals surface area contributed by atoms with Gasteiger partial charge in [0.25, 0.3) is 0 Å². The highest BCUT2D eigenvalue weighted by molar-refractivity contribution is 5.94. The number of amides is 1. The van der Waals surface area contributed by atoms with Crippen LogP contribution >= 0.6 is 0 Å². The van der Waals surface area contributed by atoms with Crippen molar-refractivity contribution in [3.63, 3.8) is 0 Å². The van der Waals surface area contributed by atoms with Gasteiger partial charge >= 0.3 is 12.8 Å². The molecule has 156 valence electrons. The van der Waals surface area contributed by atoms with E-state index in [1.807, 2.05) is 0 Å². The first-order chi connectivity index (χ1) is 13.7. The lowest BCUT2D eigenvalue weighted by atomic mass is 9.95. The van der Waals surface area contributed by atoms with Crippen LogP contribution in [0.1, 0.15) is 18.4 Å². The summed E-state index contributed by atoms with van der Waals surface area (Å²) in [5, 5.41) is 2.61. The molecule has 1 fully saturated rings. The first-order valence-corrected chi connectivity index (χ1v) is 8.87. The van der Waals surface area contributed by atoms with Crippen molar-refractivity contribution in [2.24, 2.45) is 5.92 Å². The molecule has 1 amide bonds. The molecule has 0 bridgehead atoms. The number of benzene rings is 1. The summed E-state index contributed by atoms with van der Waals surface area (Å²) in [7, 11) is 0. The van der Waals surface area contributed by atoms with Crippen molar-refractivity contribution in [3.8, 4) is 5.75 Å². The predicted octanol–water partition coefficient (Wildman–Crippen LogP) is 4.56. The Morgan fingerprint density at radius 3 is 2.41 bits per heavy atom. The second-order valence-electron chi connectivity index (χ2n) is 6.53. The topological polar surface area (TPSA) is 54.5 Å². The lowest BCUT2D eigenvalue weighted by Gasteiger charge is -2.32. The molecule has 3 rings (SSSR count). The maximum atomic E-state index is 12.6. The van der Waals surface area contributed by atoms with Gasteiger partial charge in [0.15, 0.2) is 0 Å². The maximum Gasteiger partial charge on any atom is 0.417 e. The Hall–Kier alpha value is -2.91. The van der Waals surface area contributed by atoms with Crippen LogP contribution in [-0.4, -0.2) is 30.6 Å². The number of pyridine rings is 1. The minimum atomic E-state index is -4.44.